The summed E-state index contributed by atoms with van der Waals surface area (Å²) < 4.78 is 15.5. The molecule has 3 N–H and O–H groups in total. The summed E-state index contributed by atoms with van der Waals surface area (Å²) in [5.74, 6) is 0.416. The average Bonchev–Trinajstić information content (AvgIpc) is 3.07. The van der Waals surface area contributed by atoms with E-state index >= 15 is 0 Å². The zero-order chi connectivity index (χ0) is 19.3. The van der Waals surface area contributed by atoms with E-state index < -0.39 is 8.32 Å². The Hall–Kier alpha value is -1.00. The Morgan fingerprint density at radius 2 is 2.12 bits per heavy atom. The summed E-state index contributed by atoms with van der Waals surface area (Å²) in [5, 5.41) is 10.5. The highest BCUT2D eigenvalue weighted by atomic mass is 79.9. The molecule has 2 aromatic heterocycles. The standard InChI is InChI=1S/C17H27BrN4O3Si/c1-17(2,3)26(4,5)25-12-6-10(8-23)24-16(12)22-7-11(18)13-14(19)20-9-21-15(13)22/h7,9-10,12,16,23H,6,8H2,1-5H3,(H2,19,20,21)/t10-,12+,16+/m0/s1. The molecule has 26 heavy (non-hydrogen) atoms. The van der Waals surface area contributed by atoms with Gasteiger partial charge in [0, 0.05) is 17.1 Å². The Morgan fingerprint density at radius 3 is 2.73 bits per heavy atom. The van der Waals surface area contributed by atoms with Gasteiger partial charge >= 0.3 is 0 Å². The third kappa shape index (κ3) is 3.43. The van der Waals surface area contributed by atoms with E-state index in [1.807, 2.05) is 10.8 Å². The van der Waals surface area contributed by atoms with Crippen molar-refractivity contribution in [2.75, 3.05) is 12.3 Å². The van der Waals surface area contributed by atoms with Crippen LogP contribution in [-0.2, 0) is 9.16 Å². The van der Waals surface area contributed by atoms with Gasteiger partial charge in [-0.2, -0.15) is 0 Å². The van der Waals surface area contributed by atoms with Crippen molar-refractivity contribution in [3.05, 3.63) is 17.0 Å². The Kier molecular flexibility index (Phi) is 5.21. The lowest BCUT2D eigenvalue weighted by Crippen LogP contribution is -2.45. The van der Waals surface area contributed by atoms with E-state index in [1.54, 1.807) is 0 Å². The van der Waals surface area contributed by atoms with Crippen molar-refractivity contribution in [2.45, 2.75) is 63.8 Å². The van der Waals surface area contributed by atoms with Crippen molar-refractivity contribution in [3.8, 4) is 0 Å². The van der Waals surface area contributed by atoms with E-state index in [-0.39, 0.29) is 30.1 Å². The Morgan fingerprint density at radius 1 is 1.42 bits per heavy atom. The summed E-state index contributed by atoms with van der Waals surface area (Å²) in [6.07, 6.45) is 3.21. The van der Waals surface area contributed by atoms with Gasteiger partial charge in [-0.25, -0.2) is 9.97 Å². The average molecular weight is 443 g/mol. The van der Waals surface area contributed by atoms with E-state index in [4.69, 9.17) is 14.9 Å². The first kappa shape index (κ1) is 19.8. The van der Waals surface area contributed by atoms with Crippen LogP contribution < -0.4 is 5.73 Å². The topological polar surface area (TPSA) is 95.4 Å². The zero-order valence-corrected chi connectivity index (χ0v) is 18.4. The molecule has 0 radical (unpaired) electrons. The molecule has 0 saturated carbocycles. The molecule has 1 aliphatic heterocycles. The van der Waals surface area contributed by atoms with Gasteiger partial charge in [0.05, 0.1) is 24.2 Å². The summed E-state index contributed by atoms with van der Waals surface area (Å²) in [4.78, 5) is 8.46. The Labute approximate surface area is 163 Å². The highest BCUT2D eigenvalue weighted by Gasteiger charge is 2.45. The van der Waals surface area contributed by atoms with Gasteiger partial charge in [0.25, 0.3) is 0 Å². The fourth-order valence-corrected chi connectivity index (χ4v) is 4.92. The Balaban J connectivity index is 2.01. The van der Waals surface area contributed by atoms with Gasteiger partial charge in [0.1, 0.15) is 17.8 Å². The van der Waals surface area contributed by atoms with Crippen molar-refractivity contribution in [2.24, 2.45) is 0 Å². The number of rotatable bonds is 4. The molecule has 0 aliphatic carbocycles. The Bertz CT molecular complexity index is 805. The molecule has 144 valence electrons. The number of hydrogen-bond acceptors (Lipinski definition) is 6. The minimum Gasteiger partial charge on any atom is -0.409 e. The number of anilines is 1. The van der Waals surface area contributed by atoms with Gasteiger partial charge in [-0.15, -0.1) is 0 Å². The molecule has 2 aromatic rings. The van der Waals surface area contributed by atoms with Crippen LogP contribution in [0.5, 0.6) is 0 Å². The first-order valence-corrected chi connectivity index (χ1v) is 12.5. The quantitative estimate of drug-likeness (QED) is 0.703. The molecule has 0 bridgehead atoms. The van der Waals surface area contributed by atoms with Gasteiger partial charge < -0.3 is 24.6 Å². The van der Waals surface area contributed by atoms with Gasteiger partial charge in [-0.05, 0) is 34.1 Å². The molecule has 1 saturated heterocycles. The van der Waals surface area contributed by atoms with Gasteiger partial charge in [-0.1, -0.05) is 20.8 Å². The number of nitrogen functional groups attached to an aromatic ring is 1. The summed E-state index contributed by atoms with van der Waals surface area (Å²) in [6.45, 7) is 11.0. The molecule has 3 atom stereocenters. The number of aliphatic hydroxyl groups excluding tert-OH is 1. The first-order chi connectivity index (χ1) is 12.0. The second-order valence-corrected chi connectivity index (χ2v) is 13.9. The predicted octanol–water partition coefficient (Wildman–Crippen LogP) is 3.45. The third-order valence-electron chi connectivity index (χ3n) is 5.47. The smallest absolute Gasteiger partial charge is 0.192 e. The number of aromatic nitrogens is 3. The molecule has 0 spiro atoms. The van der Waals surface area contributed by atoms with E-state index in [0.717, 1.165) is 9.86 Å². The number of hydrogen-bond donors (Lipinski definition) is 2. The van der Waals surface area contributed by atoms with Gasteiger partial charge in [0.2, 0.25) is 0 Å². The lowest BCUT2D eigenvalue weighted by molar-refractivity contribution is -0.0457. The number of nitrogens with two attached hydrogens (primary N) is 1. The molecule has 7 nitrogen and oxygen atoms in total. The van der Waals surface area contributed by atoms with Crippen LogP contribution in [0.3, 0.4) is 0 Å². The molecule has 1 aliphatic rings. The molecule has 0 unspecified atom stereocenters. The SMILES string of the molecule is CC(C)(C)[Si](C)(C)O[C@@H]1C[C@@H](CO)O[C@H]1n1cc(Br)c2c(N)ncnc21. The minimum absolute atomic E-state index is 0.0364. The largest absolute Gasteiger partial charge is 0.409 e. The van der Waals surface area contributed by atoms with Crippen LogP contribution in [0.15, 0.2) is 17.0 Å². The first-order valence-electron chi connectivity index (χ1n) is 8.76. The second-order valence-electron chi connectivity index (χ2n) is 8.33. The van der Waals surface area contributed by atoms with Crippen LogP contribution in [0.25, 0.3) is 11.0 Å². The van der Waals surface area contributed by atoms with E-state index in [2.05, 4.69) is 59.8 Å². The van der Waals surface area contributed by atoms with Crippen molar-refractivity contribution in [3.63, 3.8) is 0 Å². The highest BCUT2D eigenvalue weighted by molar-refractivity contribution is 9.10. The number of ether oxygens (including phenoxy) is 1. The lowest BCUT2D eigenvalue weighted by Gasteiger charge is -2.39. The number of nitrogens with zero attached hydrogens (tertiary/aromatic N) is 3. The number of halogens is 1. The van der Waals surface area contributed by atoms with Crippen LogP contribution in [0, 0.1) is 0 Å². The molecule has 0 aromatic carbocycles. The van der Waals surface area contributed by atoms with Crippen molar-refractivity contribution in [1.29, 1.82) is 0 Å². The predicted molar refractivity (Wildman–Crippen MR) is 107 cm³/mol. The highest BCUT2D eigenvalue weighted by Crippen LogP contribution is 2.43. The molecule has 3 heterocycles. The van der Waals surface area contributed by atoms with Crippen molar-refractivity contribution in [1.82, 2.24) is 14.5 Å². The number of aliphatic hydroxyl groups is 1. The van der Waals surface area contributed by atoms with E-state index in [1.165, 1.54) is 6.33 Å². The van der Waals surface area contributed by atoms with Crippen molar-refractivity contribution >= 4 is 41.1 Å². The van der Waals surface area contributed by atoms with Crippen LogP contribution in [0.4, 0.5) is 5.82 Å². The second kappa shape index (κ2) is 6.86. The van der Waals surface area contributed by atoms with Gasteiger partial charge in [0.15, 0.2) is 14.5 Å². The fourth-order valence-electron chi connectivity index (χ4n) is 3.00. The molecule has 1 fully saturated rings. The maximum atomic E-state index is 9.64. The maximum absolute atomic E-state index is 9.64. The van der Waals surface area contributed by atoms with Crippen LogP contribution >= 0.6 is 15.9 Å². The van der Waals surface area contributed by atoms with Crippen LogP contribution in [0.1, 0.15) is 33.4 Å². The summed E-state index contributed by atoms with van der Waals surface area (Å²) >= 11 is 3.54. The van der Waals surface area contributed by atoms with E-state index in [0.29, 0.717) is 17.9 Å². The summed E-state index contributed by atoms with van der Waals surface area (Å²) in [6, 6.07) is 0. The zero-order valence-electron chi connectivity index (χ0n) is 15.9. The third-order valence-corrected chi connectivity index (χ3v) is 10.6. The van der Waals surface area contributed by atoms with Crippen LogP contribution in [-0.4, -0.2) is 46.8 Å². The monoisotopic (exact) mass is 442 g/mol. The summed E-state index contributed by atoms with van der Waals surface area (Å²) in [7, 11) is -2.00. The molecule has 0 amide bonds. The van der Waals surface area contributed by atoms with Crippen LogP contribution in [0.2, 0.25) is 18.1 Å². The molecule has 3 rings (SSSR count). The molecular formula is C17H27BrN4O3Si. The maximum Gasteiger partial charge on any atom is 0.192 e. The molecule has 9 heteroatoms. The normalized spacial score (nSPS) is 24.5. The van der Waals surface area contributed by atoms with E-state index in [9.17, 15) is 5.11 Å². The fraction of sp³-hybridized carbons (Fsp3) is 0.647. The molecular weight excluding hydrogens is 416 g/mol. The van der Waals surface area contributed by atoms with Crippen molar-refractivity contribution < 1.29 is 14.3 Å². The summed E-state index contributed by atoms with van der Waals surface area (Å²) in [5.41, 5.74) is 6.71. The minimum atomic E-state index is -2.00. The lowest BCUT2D eigenvalue weighted by atomic mass is 10.2. The number of fused-ring (bicyclic) bond motifs is 1. The van der Waals surface area contributed by atoms with Gasteiger partial charge in [-0.3, -0.25) is 0 Å².